The van der Waals surface area contributed by atoms with Crippen LogP contribution < -0.4 is 14.6 Å². The van der Waals surface area contributed by atoms with Crippen LogP contribution in [0.15, 0.2) is 79.0 Å². The monoisotopic (exact) mass is 541 g/mol. The van der Waals surface area contributed by atoms with Crippen molar-refractivity contribution in [2.75, 3.05) is 7.11 Å². The number of nitrogens with zero attached hydrogens (tertiary/aromatic N) is 2. The van der Waals surface area contributed by atoms with Gasteiger partial charge < -0.3 is 23.9 Å². The summed E-state index contributed by atoms with van der Waals surface area (Å²) in [6.07, 6.45) is 10.2. The SMILES string of the molecule is COc1ccc(-c2ccc(Cl)cc2)c(COc2ccc(-c3nc(/C=C/C(=O)[O-])cn3C3CCCCC3)cc2)c1. The summed E-state index contributed by atoms with van der Waals surface area (Å²) < 4.78 is 13.8. The minimum absolute atomic E-state index is 0.349. The standard InChI is InChI=1S/C32H31ClN2O4/c1-38-29-16-17-30(22-7-11-25(33)12-8-22)24(19-29)21-39-28-14-9-23(10-15-28)32-34-26(13-18-31(36)37)20-35(32)27-5-3-2-4-6-27/h7-20,27H,2-6,21H2,1H3,(H,36,37)/p-1/b18-13+. The molecule has 0 radical (unpaired) electrons. The van der Waals surface area contributed by atoms with Crippen LogP contribution in [-0.2, 0) is 11.4 Å². The van der Waals surface area contributed by atoms with E-state index in [1.165, 1.54) is 25.3 Å². The van der Waals surface area contributed by atoms with E-state index in [2.05, 4.69) is 4.57 Å². The maximum absolute atomic E-state index is 10.9. The van der Waals surface area contributed by atoms with Gasteiger partial charge in [-0.05, 0) is 84.7 Å². The van der Waals surface area contributed by atoms with Crippen LogP contribution >= 0.6 is 11.6 Å². The number of hydrogen-bond acceptors (Lipinski definition) is 5. The van der Waals surface area contributed by atoms with Gasteiger partial charge in [0.1, 0.15) is 23.9 Å². The maximum Gasteiger partial charge on any atom is 0.140 e. The lowest BCUT2D eigenvalue weighted by Crippen LogP contribution is -2.18. The zero-order chi connectivity index (χ0) is 27.2. The number of ether oxygens (including phenoxy) is 2. The van der Waals surface area contributed by atoms with Gasteiger partial charge in [0.05, 0.1) is 18.8 Å². The molecular formula is C32H30ClN2O4-. The summed E-state index contributed by atoms with van der Waals surface area (Å²) in [7, 11) is 1.65. The van der Waals surface area contributed by atoms with E-state index in [1.54, 1.807) is 7.11 Å². The molecule has 1 aromatic heterocycles. The van der Waals surface area contributed by atoms with Crippen molar-refractivity contribution >= 4 is 23.6 Å². The van der Waals surface area contributed by atoms with Crippen LogP contribution in [0, 0.1) is 0 Å². The van der Waals surface area contributed by atoms with Crippen LogP contribution in [0.25, 0.3) is 28.6 Å². The minimum atomic E-state index is -1.24. The smallest absolute Gasteiger partial charge is 0.140 e. The number of carbonyl (C=O) groups is 1. The van der Waals surface area contributed by atoms with Gasteiger partial charge in [-0.25, -0.2) is 4.98 Å². The highest BCUT2D eigenvalue weighted by molar-refractivity contribution is 6.30. The van der Waals surface area contributed by atoms with Gasteiger partial charge in [0, 0.05) is 28.4 Å². The molecule has 0 bridgehead atoms. The summed E-state index contributed by atoms with van der Waals surface area (Å²) >= 11 is 6.09. The van der Waals surface area contributed by atoms with E-state index in [-0.39, 0.29) is 0 Å². The van der Waals surface area contributed by atoms with Gasteiger partial charge in [0.2, 0.25) is 0 Å². The Morgan fingerprint density at radius 2 is 1.69 bits per heavy atom. The lowest BCUT2D eigenvalue weighted by atomic mass is 9.95. The molecule has 4 aromatic rings. The van der Waals surface area contributed by atoms with E-state index in [4.69, 9.17) is 26.1 Å². The Kier molecular flexibility index (Phi) is 8.33. The number of methoxy groups -OCH3 is 1. The van der Waals surface area contributed by atoms with Crippen molar-refractivity contribution in [3.8, 4) is 34.0 Å². The molecule has 0 N–H and O–H groups in total. The molecule has 1 fully saturated rings. The van der Waals surface area contributed by atoms with Crippen molar-refractivity contribution < 1.29 is 19.4 Å². The number of hydrogen-bond donors (Lipinski definition) is 0. The number of carbonyl (C=O) groups excluding carboxylic acids is 1. The minimum Gasteiger partial charge on any atom is -0.545 e. The second kappa shape index (κ2) is 12.2. The van der Waals surface area contributed by atoms with Gasteiger partial charge in [-0.3, -0.25) is 0 Å². The number of imidazole rings is 1. The predicted octanol–water partition coefficient (Wildman–Crippen LogP) is 6.73. The molecule has 0 spiro atoms. The Labute approximate surface area is 233 Å². The van der Waals surface area contributed by atoms with Crippen LogP contribution in [0.5, 0.6) is 11.5 Å². The number of aromatic nitrogens is 2. The molecule has 5 rings (SSSR count). The van der Waals surface area contributed by atoms with Crippen LogP contribution in [0.1, 0.15) is 49.4 Å². The number of carboxylic acid groups (broad SMARTS) is 1. The van der Waals surface area contributed by atoms with Crippen LogP contribution in [0.3, 0.4) is 0 Å². The Morgan fingerprint density at radius 1 is 1.00 bits per heavy atom. The highest BCUT2D eigenvalue weighted by atomic mass is 35.5. The summed E-state index contributed by atoms with van der Waals surface area (Å²) in [5, 5.41) is 11.6. The maximum atomic E-state index is 10.9. The van der Waals surface area contributed by atoms with Gasteiger partial charge in [-0.2, -0.15) is 0 Å². The molecule has 1 aliphatic rings. The largest absolute Gasteiger partial charge is 0.545 e. The summed E-state index contributed by atoms with van der Waals surface area (Å²) in [5.74, 6) is 1.08. The van der Waals surface area contributed by atoms with E-state index in [0.29, 0.717) is 23.4 Å². The molecule has 0 unspecified atom stereocenters. The van der Waals surface area contributed by atoms with Gasteiger partial charge in [-0.1, -0.05) is 49.1 Å². The fraction of sp³-hybridized carbons (Fsp3) is 0.250. The first-order valence-electron chi connectivity index (χ1n) is 13.1. The highest BCUT2D eigenvalue weighted by Crippen LogP contribution is 2.34. The first-order chi connectivity index (χ1) is 19.0. The summed E-state index contributed by atoms with van der Waals surface area (Å²) in [6, 6.07) is 21.9. The third-order valence-corrected chi connectivity index (χ3v) is 7.34. The summed E-state index contributed by atoms with van der Waals surface area (Å²) in [4.78, 5) is 15.7. The molecule has 0 atom stereocenters. The zero-order valence-electron chi connectivity index (χ0n) is 21.8. The first kappa shape index (κ1) is 26.6. The average Bonchev–Trinajstić information content (AvgIpc) is 3.40. The van der Waals surface area contributed by atoms with Crippen molar-refractivity contribution in [1.29, 1.82) is 0 Å². The molecule has 1 saturated carbocycles. The molecule has 1 heterocycles. The van der Waals surface area contributed by atoms with Crippen molar-refractivity contribution in [3.63, 3.8) is 0 Å². The predicted molar refractivity (Wildman–Crippen MR) is 152 cm³/mol. The zero-order valence-corrected chi connectivity index (χ0v) is 22.6. The lowest BCUT2D eigenvalue weighted by Gasteiger charge is -2.24. The topological polar surface area (TPSA) is 76.4 Å². The lowest BCUT2D eigenvalue weighted by molar-refractivity contribution is -0.297. The molecule has 0 saturated heterocycles. The van der Waals surface area contributed by atoms with Gasteiger partial charge in [0.25, 0.3) is 0 Å². The number of aliphatic carboxylic acids is 1. The molecule has 200 valence electrons. The summed E-state index contributed by atoms with van der Waals surface area (Å²) in [5.41, 5.74) is 4.65. The van der Waals surface area contributed by atoms with Crippen LogP contribution in [-0.4, -0.2) is 22.6 Å². The van der Waals surface area contributed by atoms with E-state index in [0.717, 1.165) is 58.5 Å². The Hall–Kier alpha value is -4.03. The Bertz CT molecular complexity index is 1450. The average molecular weight is 542 g/mol. The molecular weight excluding hydrogens is 512 g/mol. The van der Waals surface area contributed by atoms with Crippen molar-refractivity contribution in [3.05, 3.63) is 95.3 Å². The Morgan fingerprint density at radius 3 is 2.38 bits per heavy atom. The molecule has 0 aliphatic heterocycles. The van der Waals surface area contributed by atoms with E-state index in [1.807, 2.05) is 72.9 Å². The van der Waals surface area contributed by atoms with E-state index < -0.39 is 5.97 Å². The van der Waals surface area contributed by atoms with Crippen LogP contribution in [0.2, 0.25) is 5.02 Å². The second-order valence-corrected chi connectivity index (χ2v) is 10.1. The van der Waals surface area contributed by atoms with Crippen molar-refractivity contribution in [1.82, 2.24) is 9.55 Å². The third kappa shape index (κ3) is 6.52. The summed E-state index contributed by atoms with van der Waals surface area (Å²) in [6.45, 7) is 0.364. The molecule has 7 heteroatoms. The van der Waals surface area contributed by atoms with Gasteiger partial charge in [0.15, 0.2) is 0 Å². The molecule has 6 nitrogen and oxygen atoms in total. The van der Waals surface area contributed by atoms with Crippen molar-refractivity contribution in [2.24, 2.45) is 0 Å². The van der Waals surface area contributed by atoms with E-state index >= 15 is 0 Å². The number of rotatable bonds is 9. The first-order valence-corrected chi connectivity index (χ1v) is 13.5. The number of benzene rings is 3. The fourth-order valence-corrected chi connectivity index (χ4v) is 5.21. The van der Waals surface area contributed by atoms with E-state index in [9.17, 15) is 9.90 Å². The second-order valence-electron chi connectivity index (χ2n) is 9.68. The van der Waals surface area contributed by atoms with Gasteiger partial charge >= 0.3 is 0 Å². The third-order valence-electron chi connectivity index (χ3n) is 7.08. The molecule has 1 aliphatic carbocycles. The number of halogens is 1. The normalized spacial score (nSPS) is 14.0. The molecule has 0 amide bonds. The fourth-order valence-electron chi connectivity index (χ4n) is 5.09. The Balaban J connectivity index is 1.37. The molecule has 3 aromatic carbocycles. The van der Waals surface area contributed by atoms with Gasteiger partial charge in [-0.15, -0.1) is 0 Å². The molecule has 39 heavy (non-hydrogen) atoms. The highest BCUT2D eigenvalue weighted by Gasteiger charge is 2.20. The van der Waals surface area contributed by atoms with Crippen LogP contribution in [0.4, 0.5) is 0 Å². The number of carboxylic acids is 1. The van der Waals surface area contributed by atoms with Crippen molar-refractivity contribution in [2.45, 2.75) is 44.8 Å². The quantitative estimate of drug-likeness (QED) is 0.220.